The van der Waals surface area contributed by atoms with E-state index in [4.69, 9.17) is 0 Å². The molecule has 0 aromatic heterocycles. The first-order valence-corrected chi connectivity index (χ1v) is 8.41. The van der Waals surface area contributed by atoms with E-state index in [1.165, 1.54) is 22.5 Å². The normalized spacial score (nSPS) is 13.4. The van der Waals surface area contributed by atoms with E-state index < -0.39 is 0 Å². The Bertz CT molecular complexity index is 556. The van der Waals surface area contributed by atoms with Crippen molar-refractivity contribution >= 4 is 11.4 Å². The van der Waals surface area contributed by atoms with Gasteiger partial charge in [-0.05, 0) is 51.0 Å². The number of hydrogen-bond donors (Lipinski definition) is 3. The molecule has 3 heteroatoms. The highest BCUT2D eigenvalue weighted by molar-refractivity contribution is 5.51. The summed E-state index contributed by atoms with van der Waals surface area (Å²) >= 11 is 0. The van der Waals surface area contributed by atoms with E-state index in [9.17, 15) is 0 Å². The van der Waals surface area contributed by atoms with Crippen molar-refractivity contribution in [3.05, 3.63) is 59.7 Å². The van der Waals surface area contributed by atoms with Crippen molar-refractivity contribution in [3.63, 3.8) is 0 Å². The van der Waals surface area contributed by atoms with Crippen molar-refractivity contribution in [3.8, 4) is 0 Å². The van der Waals surface area contributed by atoms with Gasteiger partial charge in [-0.1, -0.05) is 36.4 Å². The van der Waals surface area contributed by atoms with Crippen LogP contribution in [-0.4, -0.2) is 25.2 Å². The van der Waals surface area contributed by atoms with Crippen LogP contribution in [-0.2, 0) is 0 Å². The molecule has 2 atom stereocenters. The Labute approximate surface area is 140 Å². The molecule has 2 aromatic carbocycles. The molecule has 3 nitrogen and oxygen atoms in total. The minimum absolute atomic E-state index is 0.406. The highest BCUT2D eigenvalue weighted by Crippen LogP contribution is 2.14. The van der Waals surface area contributed by atoms with Gasteiger partial charge in [-0.2, -0.15) is 0 Å². The highest BCUT2D eigenvalue weighted by Gasteiger charge is 2.08. The van der Waals surface area contributed by atoms with Gasteiger partial charge in [0.25, 0.3) is 0 Å². The summed E-state index contributed by atoms with van der Waals surface area (Å²) in [5.74, 6) is 0. The Balaban J connectivity index is 1.73. The van der Waals surface area contributed by atoms with Gasteiger partial charge in [0.15, 0.2) is 0 Å². The molecule has 124 valence electrons. The first-order valence-electron chi connectivity index (χ1n) is 8.41. The van der Waals surface area contributed by atoms with E-state index in [0.29, 0.717) is 12.1 Å². The van der Waals surface area contributed by atoms with Crippen LogP contribution in [0.4, 0.5) is 11.4 Å². The maximum Gasteiger partial charge on any atom is 0.0370 e. The van der Waals surface area contributed by atoms with E-state index >= 15 is 0 Å². The lowest BCUT2D eigenvalue weighted by Crippen LogP contribution is -2.42. The number of aryl methyl sites for hydroxylation is 2. The molecular weight excluding hydrogens is 282 g/mol. The molecule has 0 amide bonds. The van der Waals surface area contributed by atoms with Crippen LogP contribution in [0.5, 0.6) is 0 Å². The fourth-order valence-corrected chi connectivity index (χ4v) is 2.67. The molecule has 0 spiro atoms. The monoisotopic (exact) mass is 311 g/mol. The second kappa shape index (κ2) is 8.59. The van der Waals surface area contributed by atoms with Crippen LogP contribution in [0.1, 0.15) is 25.0 Å². The zero-order chi connectivity index (χ0) is 16.7. The second-order valence-electron chi connectivity index (χ2n) is 6.36. The second-order valence-corrected chi connectivity index (χ2v) is 6.36. The van der Waals surface area contributed by atoms with Gasteiger partial charge in [0, 0.05) is 36.5 Å². The fourth-order valence-electron chi connectivity index (χ4n) is 2.67. The van der Waals surface area contributed by atoms with Gasteiger partial charge in [-0.15, -0.1) is 0 Å². The first-order chi connectivity index (χ1) is 11.1. The van der Waals surface area contributed by atoms with Crippen LogP contribution >= 0.6 is 0 Å². The topological polar surface area (TPSA) is 36.1 Å². The summed E-state index contributed by atoms with van der Waals surface area (Å²) in [6.45, 7) is 10.5. The lowest BCUT2D eigenvalue weighted by Gasteiger charge is -2.22. The van der Waals surface area contributed by atoms with Crippen molar-refractivity contribution < 1.29 is 0 Å². The summed E-state index contributed by atoms with van der Waals surface area (Å²) in [5.41, 5.74) is 5.00. The molecule has 0 fully saturated rings. The van der Waals surface area contributed by atoms with Gasteiger partial charge in [-0.25, -0.2) is 0 Å². The van der Waals surface area contributed by atoms with Crippen molar-refractivity contribution in [1.29, 1.82) is 0 Å². The summed E-state index contributed by atoms with van der Waals surface area (Å²) in [6, 6.07) is 17.6. The minimum Gasteiger partial charge on any atom is -0.383 e. The molecule has 0 saturated heterocycles. The molecule has 2 rings (SSSR count). The molecular formula is C20H29N3. The molecule has 2 aromatic rings. The van der Waals surface area contributed by atoms with Crippen molar-refractivity contribution in [2.45, 2.75) is 39.8 Å². The molecule has 0 aliphatic heterocycles. The fraction of sp³-hybridized carbons (Fsp3) is 0.400. The molecule has 0 saturated carbocycles. The Morgan fingerprint density at radius 2 is 1.09 bits per heavy atom. The van der Waals surface area contributed by atoms with E-state index in [-0.39, 0.29) is 0 Å². The molecule has 0 aliphatic rings. The summed E-state index contributed by atoms with van der Waals surface area (Å²) in [6.07, 6.45) is 0. The van der Waals surface area contributed by atoms with Crippen LogP contribution in [0.2, 0.25) is 0 Å². The molecule has 0 aliphatic carbocycles. The van der Waals surface area contributed by atoms with Crippen LogP contribution < -0.4 is 16.0 Å². The van der Waals surface area contributed by atoms with Crippen molar-refractivity contribution in [2.24, 2.45) is 0 Å². The number of rotatable bonds is 8. The van der Waals surface area contributed by atoms with Crippen molar-refractivity contribution in [2.75, 3.05) is 23.7 Å². The predicted octanol–water partition coefficient (Wildman–Crippen LogP) is 4.19. The SMILES string of the molecule is Cc1ccccc1NCC(C)NC(C)CNc1ccccc1C. The number of benzene rings is 2. The maximum absolute atomic E-state index is 3.63. The summed E-state index contributed by atoms with van der Waals surface area (Å²) in [7, 11) is 0. The number of para-hydroxylation sites is 2. The van der Waals surface area contributed by atoms with Gasteiger partial charge in [0.1, 0.15) is 0 Å². The van der Waals surface area contributed by atoms with E-state index in [2.05, 4.69) is 92.2 Å². The van der Waals surface area contributed by atoms with Crippen LogP contribution in [0, 0.1) is 13.8 Å². The standard InChI is InChI=1S/C20H29N3/c1-15-9-5-7-11-19(15)21-13-17(3)23-18(4)14-22-20-12-8-6-10-16(20)2/h5-12,17-18,21-23H,13-14H2,1-4H3. The van der Waals surface area contributed by atoms with E-state index in [1.807, 2.05) is 0 Å². The summed E-state index contributed by atoms with van der Waals surface area (Å²) in [5, 5.41) is 10.7. The third kappa shape index (κ3) is 5.61. The van der Waals surface area contributed by atoms with Gasteiger partial charge in [0.05, 0.1) is 0 Å². The third-order valence-electron chi connectivity index (χ3n) is 4.06. The Morgan fingerprint density at radius 1 is 0.696 bits per heavy atom. The summed E-state index contributed by atoms with van der Waals surface area (Å²) < 4.78 is 0. The Morgan fingerprint density at radius 3 is 1.48 bits per heavy atom. The molecule has 0 bridgehead atoms. The molecule has 0 radical (unpaired) electrons. The number of nitrogens with one attached hydrogen (secondary N) is 3. The van der Waals surface area contributed by atoms with Crippen molar-refractivity contribution in [1.82, 2.24) is 5.32 Å². The smallest absolute Gasteiger partial charge is 0.0370 e. The van der Waals surface area contributed by atoms with Gasteiger partial charge in [-0.3, -0.25) is 0 Å². The van der Waals surface area contributed by atoms with E-state index in [1.54, 1.807) is 0 Å². The Hall–Kier alpha value is -2.00. The zero-order valence-electron chi connectivity index (χ0n) is 14.7. The van der Waals surface area contributed by atoms with Crippen LogP contribution in [0.3, 0.4) is 0 Å². The van der Waals surface area contributed by atoms with Crippen LogP contribution in [0.25, 0.3) is 0 Å². The highest BCUT2D eigenvalue weighted by atomic mass is 15.0. The molecule has 3 N–H and O–H groups in total. The van der Waals surface area contributed by atoms with Gasteiger partial charge < -0.3 is 16.0 Å². The maximum atomic E-state index is 3.63. The Kier molecular flexibility index (Phi) is 6.48. The zero-order valence-corrected chi connectivity index (χ0v) is 14.7. The lowest BCUT2D eigenvalue weighted by molar-refractivity contribution is 0.492. The third-order valence-corrected chi connectivity index (χ3v) is 4.06. The van der Waals surface area contributed by atoms with Gasteiger partial charge >= 0.3 is 0 Å². The molecule has 2 unspecified atom stereocenters. The molecule has 23 heavy (non-hydrogen) atoms. The van der Waals surface area contributed by atoms with Gasteiger partial charge in [0.2, 0.25) is 0 Å². The predicted molar refractivity (Wildman–Crippen MR) is 101 cm³/mol. The number of hydrogen-bond acceptors (Lipinski definition) is 3. The first kappa shape index (κ1) is 17.4. The summed E-state index contributed by atoms with van der Waals surface area (Å²) in [4.78, 5) is 0. The minimum atomic E-state index is 0.406. The lowest BCUT2D eigenvalue weighted by atomic mass is 10.2. The molecule has 0 heterocycles. The largest absolute Gasteiger partial charge is 0.383 e. The average molecular weight is 311 g/mol. The quantitative estimate of drug-likeness (QED) is 0.684. The van der Waals surface area contributed by atoms with E-state index in [0.717, 1.165) is 13.1 Å². The van der Waals surface area contributed by atoms with Crippen LogP contribution in [0.15, 0.2) is 48.5 Å². The number of anilines is 2. The average Bonchev–Trinajstić information content (AvgIpc) is 2.53.